The average Bonchev–Trinajstić information content (AvgIpc) is 1.96. The zero-order chi connectivity index (χ0) is 10.1. The summed E-state index contributed by atoms with van der Waals surface area (Å²) in [6.07, 6.45) is -4.86. The van der Waals surface area contributed by atoms with Gasteiger partial charge < -0.3 is 4.74 Å². The van der Waals surface area contributed by atoms with Crippen molar-refractivity contribution in [3.05, 3.63) is 29.0 Å². The Labute approximate surface area is 75.9 Å². The molecule has 0 atom stereocenters. The van der Waals surface area contributed by atoms with Gasteiger partial charge in [0.05, 0.1) is 0 Å². The number of hydrogen-bond donors (Lipinski definition) is 0. The second kappa shape index (κ2) is 3.41. The van der Waals surface area contributed by atoms with Crippen molar-refractivity contribution >= 4 is 11.6 Å². The normalized spacial score (nSPS) is 11.5. The number of rotatable bonds is 1. The quantitative estimate of drug-likeness (QED) is 0.651. The summed E-state index contributed by atoms with van der Waals surface area (Å²) in [6.45, 7) is 0. The standard InChI is InChI=1S/C7H3ClF4O/c8-6-4(9)2-1-3-5(6)13-7(10,11)12/h1-3H. The van der Waals surface area contributed by atoms with Crippen LogP contribution in [0.4, 0.5) is 17.6 Å². The van der Waals surface area contributed by atoms with Crippen LogP contribution in [0.3, 0.4) is 0 Å². The molecule has 0 amide bonds. The third kappa shape index (κ3) is 2.77. The number of hydrogen-bond acceptors (Lipinski definition) is 1. The van der Waals surface area contributed by atoms with Crippen LogP contribution in [0, 0.1) is 5.82 Å². The molecule has 0 aliphatic rings. The first-order chi connectivity index (χ1) is 5.90. The fourth-order valence-electron chi connectivity index (χ4n) is 0.688. The van der Waals surface area contributed by atoms with Gasteiger partial charge >= 0.3 is 6.36 Å². The molecule has 1 aromatic carbocycles. The van der Waals surface area contributed by atoms with E-state index >= 15 is 0 Å². The summed E-state index contributed by atoms with van der Waals surface area (Å²) in [4.78, 5) is 0. The SMILES string of the molecule is Fc1cccc(OC(F)(F)F)c1Cl. The van der Waals surface area contributed by atoms with Crippen LogP contribution in [0.5, 0.6) is 5.75 Å². The van der Waals surface area contributed by atoms with E-state index in [0.29, 0.717) is 0 Å². The minimum absolute atomic E-state index is 0.681. The van der Waals surface area contributed by atoms with Gasteiger partial charge in [-0.3, -0.25) is 0 Å². The lowest BCUT2D eigenvalue weighted by atomic mass is 10.3. The van der Waals surface area contributed by atoms with Gasteiger partial charge in [-0.25, -0.2) is 4.39 Å². The summed E-state index contributed by atoms with van der Waals surface area (Å²) < 4.78 is 51.0. The second-order valence-corrected chi connectivity index (χ2v) is 2.48. The Morgan fingerprint density at radius 3 is 2.38 bits per heavy atom. The van der Waals surface area contributed by atoms with Crippen LogP contribution < -0.4 is 4.74 Å². The van der Waals surface area contributed by atoms with E-state index in [1.807, 2.05) is 0 Å². The van der Waals surface area contributed by atoms with E-state index in [9.17, 15) is 17.6 Å². The van der Waals surface area contributed by atoms with E-state index in [0.717, 1.165) is 18.2 Å². The number of halogens is 5. The van der Waals surface area contributed by atoms with Crippen LogP contribution in [-0.4, -0.2) is 6.36 Å². The molecule has 72 valence electrons. The topological polar surface area (TPSA) is 9.23 Å². The monoisotopic (exact) mass is 214 g/mol. The first-order valence-corrected chi connectivity index (χ1v) is 3.48. The molecule has 0 aromatic heterocycles. The maximum Gasteiger partial charge on any atom is 0.573 e. The Kier molecular flexibility index (Phi) is 2.66. The number of ether oxygens (including phenoxy) is 1. The third-order valence-corrected chi connectivity index (χ3v) is 1.51. The van der Waals surface area contributed by atoms with Crippen molar-refractivity contribution in [1.82, 2.24) is 0 Å². The second-order valence-electron chi connectivity index (χ2n) is 2.10. The Balaban J connectivity index is 2.96. The number of alkyl halides is 3. The highest BCUT2D eigenvalue weighted by Crippen LogP contribution is 2.31. The van der Waals surface area contributed by atoms with E-state index < -0.39 is 23.0 Å². The first-order valence-electron chi connectivity index (χ1n) is 3.10. The Morgan fingerprint density at radius 2 is 1.85 bits per heavy atom. The third-order valence-electron chi connectivity index (χ3n) is 1.14. The van der Waals surface area contributed by atoms with Crippen molar-refractivity contribution in [1.29, 1.82) is 0 Å². The molecule has 0 heterocycles. The highest BCUT2D eigenvalue weighted by atomic mass is 35.5. The van der Waals surface area contributed by atoms with Gasteiger partial charge in [-0.05, 0) is 12.1 Å². The van der Waals surface area contributed by atoms with Crippen LogP contribution in [0.1, 0.15) is 0 Å². The van der Waals surface area contributed by atoms with Crippen LogP contribution in [0.2, 0.25) is 5.02 Å². The molecule has 0 spiro atoms. The molecule has 0 N–H and O–H groups in total. The fourth-order valence-corrected chi connectivity index (χ4v) is 0.852. The highest BCUT2D eigenvalue weighted by Gasteiger charge is 2.32. The summed E-state index contributed by atoms with van der Waals surface area (Å²) in [5, 5.41) is -0.681. The van der Waals surface area contributed by atoms with Gasteiger partial charge in [0.1, 0.15) is 10.8 Å². The van der Waals surface area contributed by atoms with Crippen molar-refractivity contribution in [2.75, 3.05) is 0 Å². The van der Waals surface area contributed by atoms with Gasteiger partial charge in [-0.2, -0.15) is 0 Å². The average molecular weight is 215 g/mol. The van der Waals surface area contributed by atoms with Crippen molar-refractivity contribution in [3.63, 3.8) is 0 Å². The van der Waals surface area contributed by atoms with E-state index in [1.165, 1.54) is 0 Å². The van der Waals surface area contributed by atoms with Gasteiger partial charge in [0.25, 0.3) is 0 Å². The van der Waals surface area contributed by atoms with Crippen LogP contribution in [0.15, 0.2) is 18.2 Å². The van der Waals surface area contributed by atoms with Crippen molar-refractivity contribution < 1.29 is 22.3 Å². The first kappa shape index (κ1) is 10.1. The molecule has 0 saturated carbocycles. The van der Waals surface area contributed by atoms with Crippen LogP contribution in [0.25, 0.3) is 0 Å². The molecule has 0 saturated heterocycles. The molecular formula is C7H3ClF4O. The predicted octanol–water partition coefficient (Wildman–Crippen LogP) is 3.38. The molecule has 0 bridgehead atoms. The van der Waals surface area contributed by atoms with Crippen LogP contribution in [-0.2, 0) is 0 Å². The summed E-state index contributed by atoms with van der Waals surface area (Å²) in [5.41, 5.74) is 0. The zero-order valence-corrected chi connectivity index (χ0v) is 6.79. The van der Waals surface area contributed by atoms with E-state index in [1.54, 1.807) is 0 Å². The molecule has 6 heteroatoms. The van der Waals surface area contributed by atoms with Gasteiger partial charge in [-0.15, -0.1) is 13.2 Å². The lowest BCUT2D eigenvalue weighted by molar-refractivity contribution is -0.274. The summed E-state index contributed by atoms with van der Waals surface area (Å²) in [7, 11) is 0. The maximum atomic E-state index is 12.6. The van der Waals surface area contributed by atoms with Crippen molar-refractivity contribution in [2.45, 2.75) is 6.36 Å². The highest BCUT2D eigenvalue weighted by molar-refractivity contribution is 6.32. The lowest BCUT2D eigenvalue weighted by Gasteiger charge is -2.09. The van der Waals surface area contributed by atoms with Crippen molar-refractivity contribution in [3.8, 4) is 5.75 Å². The van der Waals surface area contributed by atoms with Gasteiger partial charge in [0, 0.05) is 0 Å². The van der Waals surface area contributed by atoms with Gasteiger partial charge in [-0.1, -0.05) is 17.7 Å². The van der Waals surface area contributed by atoms with Crippen LogP contribution >= 0.6 is 11.6 Å². The predicted molar refractivity (Wildman–Crippen MR) is 38.1 cm³/mol. The molecule has 13 heavy (non-hydrogen) atoms. The summed E-state index contributed by atoms with van der Waals surface area (Å²) in [6, 6.07) is 2.94. The molecule has 0 aliphatic heterocycles. The minimum atomic E-state index is -4.86. The summed E-state index contributed by atoms with van der Waals surface area (Å²) in [5.74, 6) is -1.70. The molecule has 1 nitrogen and oxygen atoms in total. The zero-order valence-electron chi connectivity index (χ0n) is 6.03. The van der Waals surface area contributed by atoms with E-state index in [-0.39, 0.29) is 0 Å². The van der Waals surface area contributed by atoms with Crippen molar-refractivity contribution in [2.24, 2.45) is 0 Å². The van der Waals surface area contributed by atoms with Gasteiger partial charge in [0.15, 0.2) is 5.75 Å². The van der Waals surface area contributed by atoms with Gasteiger partial charge in [0.2, 0.25) is 0 Å². The summed E-state index contributed by atoms with van der Waals surface area (Å²) >= 11 is 5.20. The lowest BCUT2D eigenvalue weighted by Crippen LogP contribution is -2.17. The molecule has 0 aliphatic carbocycles. The molecule has 1 rings (SSSR count). The Hall–Kier alpha value is -0.970. The van der Waals surface area contributed by atoms with E-state index in [2.05, 4.69) is 4.74 Å². The molecule has 1 aromatic rings. The molecular weight excluding hydrogens is 212 g/mol. The Bertz CT molecular complexity index is 310. The number of benzene rings is 1. The maximum absolute atomic E-state index is 12.6. The molecule has 0 unspecified atom stereocenters. The molecule has 0 radical (unpaired) electrons. The largest absolute Gasteiger partial charge is 0.573 e. The molecule has 0 fully saturated rings. The Morgan fingerprint density at radius 1 is 1.23 bits per heavy atom. The minimum Gasteiger partial charge on any atom is -0.404 e. The fraction of sp³-hybridized carbons (Fsp3) is 0.143. The smallest absolute Gasteiger partial charge is 0.404 e. The van der Waals surface area contributed by atoms with E-state index in [4.69, 9.17) is 11.6 Å².